The summed E-state index contributed by atoms with van der Waals surface area (Å²) in [4.78, 5) is 0. The van der Waals surface area contributed by atoms with Crippen LogP contribution in [-0.4, -0.2) is 38.9 Å². The Labute approximate surface area is 76.9 Å². The first-order valence-electron chi connectivity index (χ1n) is 3.64. The van der Waals surface area contributed by atoms with Crippen molar-refractivity contribution in [2.24, 2.45) is 0 Å². The SMILES string of the molecule is CCOCCS(=O)(=O)CCSF. The van der Waals surface area contributed by atoms with Crippen molar-refractivity contribution in [3.05, 3.63) is 0 Å². The molecule has 0 radical (unpaired) electrons. The first-order chi connectivity index (χ1) is 5.62. The Morgan fingerprint density at radius 3 is 2.58 bits per heavy atom. The van der Waals surface area contributed by atoms with E-state index in [1.54, 1.807) is 6.92 Å². The van der Waals surface area contributed by atoms with Gasteiger partial charge in [0.1, 0.15) is 0 Å². The van der Waals surface area contributed by atoms with Gasteiger partial charge in [-0.2, -0.15) is 3.89 Å². The van der Waals surface area contributed by atoms with E-state index < -0.39 is 9.84 Å². The van der Waals surface area contributed by atoms with E-state index in [1.807, 2.05) is 0 Å². The van der Waals surface area contributed by atoms with E-state index in [9.17, 15) is 12.3 Å². The van der Waals surface area contributed by atoms with E-state index in [-0.39, 0.29) is 36.0 Å². The molecule has 0 spiro atoms. The molecule has 12 heavy (non-hydrogen) atoms. The molecule has 0 rings (SSSR count). The molecule has 0 bridgehead atoms. The lowest BCUT2D eigenvalue weighted by Gasteiger charge is -2.01. The highest BCUT2D eigenvalue weighted by Gasteiger charge is 2.09. The Kier molecular flexibility index (Phi) is 6.78. The van der Waals surface area contributed by atoms with Crippen LogP contribution in [0, 0.1) is 0 Å². The molecule has 0 unspecified atom stereocenters. The fourth-order valence-corrected chi connectivity index (χ4v) is 2.43. The van der Waals surface area contributed by atoms with Gasteiger partial charge in [-0.3, -0.25) is 0 Å². The van der Waals surface area contributed by atoms with E-state index >= 15 is 0 Å². The second-order valence-corrected chi connectivity index (χ2v) is 5.09. The number of sulfone groups is 1. The second-order valence-electron chi connectivity index (χ2n) is 2.16. The van der Waals surface area contributed by atoms with Crippen LogP contribution >= 0.6 is 12.1 Å². The molecular formula is C6H13FO3S2. The van der Waals surface area contributed by atoms with Gasteiger partial charge < -0.3 is 4.74 Å². The summed E-state index contributed by atoms with van der Waals surface area (Å²) in [5.41, 5.74) is 0. The van der Waals surface area contributed by atoms with Crippen molar-refractivity contribution in [1.29, 1.82) is 0 Å². The maximum absolute atomic E-state index is 11.5. The molecule has 3 nitrogen and oxygen atoms in total. The Morgan fingerprint density at radius 1 is 1.42 bits per heavy atom. The van der Waals surface area contributed by atoms with Gasteiger partial charge in [-0.05, 0) is 6.92 Å². The average molecular weight is 216 g/mol. The third kappa shape index (κ3) is 6.87. The summed E-state index contributed by atoms with van der Waals surface area (Å²) in [6, 6.07) is 0. The van der Waals surface area contributed by atoms with Crippen LogP contribution in [0.15, 0.2) is 0 Å². The minimum Gasteiger partial charge on any atom is -0.381 e. The summed E-state index contributed by atoms with van der Waals surface area (Å²) in [5.74, 6) is -0.114. The van der Waals surface area contributed by atoms with Gasteiger partial charge in [0, 0.05) is 24.5 Å². The largest absolute Gasteiger partial charge is 0.381 e. The number of halogens is 1. The Hall–Kier alpha value is 0.190. The van der Waals surface area contributed by atoms with E-state index in [0.29, 0.717) is 6.61 Å². The molecule has 0 aromatic heterocycles. The Balaban J connectivity index is 3.58. The number of hydrogen-bond acceptors (Lipinski definition) is 4. The molecule has 0 aliphatic carbocycles. The minimum atomic E-state index is -3.10. The Bertz CT molecular complexity index is 191. The highest BCUT2D eigenvalue weighted by molar-refractivity contribution is 7.96. The summed E-state index contributed by atoms with van der Waals surface area (Å²) in [7, 11) is -3.10. The van der Waals surface area contributed by atoms with Crippen LogP contribution in [0.3, 0.4) is 0 Å². The molecule has 0 N–H and O–H groups in total. The first-order valence-corrected chi connectivity index (χ1v) is 6.35. The van der Waals surface area contributed by atoms with Crippen LogP contribution in [-0.2, 0) is 14.6 Å². The molecule has 0 amide bonds. The van der Waals surface area contributed by atoms with Crippen molar-refractivity contribution in [1.82, 2.24) is 0 Å². The summed E-state index contributed by atoms with van der Waals surface area (Å²) in [6.07, 6.45) is 0. The van der Waals surface area contributed by atoms with Crippen molar-refractivity contribution in [3.8, 4) is 0 Å². The van der Waals surface area contributed by atoms with Gasteiger partial charge in [-0.15, -0.1) is 0 Å². The maximum Gasteiger partial charge on any atom is 0.153 e. The molecule has 0 saturated heterocycles. The summed E-state index contributed by atoms with van der Waals surface area (Å²) in [6.45, 7) is 2.51. The van der Waals surface area contributed by atoms with Crippen molar-refractivity contribution in [2.45, 2.75) is 6.92 Å². The topological polar surface area (TPSA) is 43.4 Å². The molecule has 0 aliphatic rings. The van der Waals surface area contributed by atoms with Gasteiger partial charge in [0.2, 0.25) is 0 Å². The van der Waals surface area contributed by atoms with E-state index in [0.717, 1.165) is 0 Å². The van der Waals surface area contributed by atoms with Gasteiger partial charge in [0.25, 0.3) is 0 Å². The lowest BCUT2D eigenvalue weighted by atomic mass is 10.8. The monoisotopic (exact) mass is 216 g/mol. The van der Waals surface area contributed by atoms with Crippen LogP contribution in [0.1, 0.15) is 6.92 Å². The molecule has 0 atom stereocenters. The third-order valence-electron chi connectivity index (χ3n) is 1.21. The first kappa shape index (κ1) is 12.2. The quantitative estimate of drug-likeness (QED) is 0.597. The van der Waals surface area contributed by atoms with Gasteiger partial charge in [-0.25, -0.2) is 8.42 Å². The van der Waals surface area contributed by atoms with Crippen molar-refractivity contribution in [2.75, 3.05) is 30.5 Å². The van der Waals surface area contributed by atoms with Crippen LogP contribution < -0.4 is 0 Å². The zero-order chi connectivity index (χ0) is 9.45. The lowest BCUT2D eigenvalue weighted by molar-refractivity contribution is 0.163. The number of ether oxygens (including phenoxy) is 1. The average Bonchev–Trinajstić information content (AvgIpc) is 2.01. The normalized spacial score (nSPS) is 11.8. The van der Waals surface area contributed by atoms with Crippen LogP contribution in [0.25, 0.3) is 0 Å². The highest BCUT2D eigenvalue weighted by atomic mass is 32.2. The van der Waals surface area contributed by atoms with Gasteiger partial charge in [0.15, 0.2) is 9.84 Å². The molecule has 0 aromatic carbocycles. The fraction of sp³-hybridized carbons (Fsp3) is 1.00. The van der Waals surface area contributed by atoms with E-state index in [4.69, 9.17) is 4.74 Å². The Morgan fingerprint density at radius 2 is 2.08 bits per heavy atom. The van der Waals surface area contributed by atoms with Gasteiger partial charge in [-0.1, -0.05) is 0 Å². The number of rotatable bonds is 7. The van der Waals surface area contributed by atoms with Crippen LogP contribution in [0.4, 0.5) is 3.89 Å². The highest BCUT2D eigenvalue weighted by Crippen LogP contribution is 2.02. The predicted octanol–water partition coefficient (Wildman–Crippen LogP) is 1.06. The molecule has 74 valence electrons. The maximum atomic E-state index is 11.5. The molecule has 0 fully saturated rings. The minimum absolute atomic E-state index is 0.00839. The standard InChI is InChI=1S/C6H13FO3S2/c1-2-10-3-5-12(8,9)6-4-11-7/h2-6H2,1H3. The number of hydrogen-bond donors (Lipinski definition) is 0. The summed E-state index contributed by atoms with van der Waals surface area (Å²) < 4.78 is 38.4. The zero-order valence-corrected chi connectivity index (χ0v) is 8.59. The second kappa shape index (κ2) is 6.68. The van der Waals surface area contributed by atoms with Gasteiger partial charge >= 0.3 is 0 Å². The molecule has 0 aromatic rings. The fourth-order valence-electron chi connectivity index (χ4n) is 0.591. The predicted molar refractivity (Wildman–Crippen MR) is 48.7 cm³/mol. The van der Waals surface area contributed by atoms with Crippen molar-refractivity contribution in [3.63, 3.8) is 0 Å². The summed E-state index contributed by atoms with van der Waals surface area (Å²) in [5, 5.41) is 0. The zero-order valence-electron chi connectivity index (χ0n) is 6.95. The molecule has 0 aliphatic heterocycles. The van der Waals surface area contributed by atoms with Crippen LogP contribution in [0.2, 0.25) is 0 Å². The third-order valence-corrected chi connectivity index (χ3v) is 3.45. The van der Waals surface area contributed by atoms with Crippen molar-refractivity contribution < 1.29 is 17.0 Å². The summed E-state index contributed by atoms with van der Waals surface area (Å²) >= 11 is 0.0477. The molecule has 6 heteroatoms. The van der Waals surface area contributed by atoms with E-state index in [2.05, 4.69) is 0 Å². The van der Waals surface area contributed by atoms with E-state index in [1.165, 1.54) is 0 Å². The van der Waals surface area contributed by atoms with Crippen LogP contribution in [0.5, 0.6) is 0 Å². The molecule has 0 heterocycles. The lowest BCUT2D eigenvalue weighted by Crippen LogP contribution is -2.16. The molecule has 0 saturated carbocycles. The van der Waals surface area contributed by atoms with Crippen molar-refractivity contribution >= 4 is 22.0 Å². The smallest absolute Gasteiger partial charge is 0.153 e. The molecular weight excluding hydrogens is 203 g/mol. The van der Waals surface area contributed by atoms with Gasteiger partial charge in [0.05, 0.1) is 18.1 Å².